The SMILES string of the molecule is CC1CCCCN1C(=O)C1CCCCN1. The van der Waals surface area contributed by atoms with E-state index >= 15 is 0 Å². The van der Waals surface area contributed by atoms with Gasteiger partial charge in [-0.1, -0.05) is 6.42 Å². The molecular formula is C12H22N2O. The molecule has 2 atom stereocenters. The van der Waals surface area contributed by atoms with Crippen molar-refractivity contribution in [1.82, 2.24) is 10.2 Å². The van der Waals surface area contributed by atoms with Crippen LogP contribution in [0, 0.1) is 0 Å². The molecule has 0 aliphatic carbocycles. The number of nitrogens with zero attached hydrogens (tertiary/aromatic N) is 1. The van der Waals surface area contributed by atoms with E-state index in [0.717, 1.165) is 19.5 Å². The molecular weight excluding hydrogens is 188 g/mol. The summed E-state index contributed by atoms with van der Waals surface area (Å²) in [5.74, 6) is 0.349. The van der Waals surface area contributed by atoms with Crippen molar-refractivity contribution < 1.29 is 4.79 Å². The van der Waals surface area contributed by atoms with Gasteiger partial charge in [-0.15, -0.1) is 0 Å². The van der Waals surface area contributed by atoms with Gasteiger partial charge in [0.05, 0.1) is 6.04 Å². The second kappa shape index (κ2) is 4.97. The third-order valence-corrected chi connectivity index (χ3v) is 3.69. The molecule has 0 aromatic rings. The average molecular weight is 210 g/mol. The maximum atomic E-state index is 12.2. The van der Waals surface area contributed by atoms with Gasteiger partial charge in [-0.05, 0) is 45.6 Å². The predicted molar refractivity (Wildman–Crippen MR) is 60.7 cm³/mol. The van der Waals surface area contributed by atoms with Crippen LogP contribution in [0.15, 0.2) is 0 Å². The summed E-state index contributed by atoms with van der Waals surface area (Å²) in [6.07, 6.45) is 7.09. The van der Waals surface area contributed by atoms with E-state index in [1.54, 1.807) is 0 Å². The molecule has 0 radical (unpaired) electrons. The van der Waals surface area contributed by atoms with Crippen LogP contribution in [0.2, 0.25) is 0 Å². The molecule has 2 aliphatic rings. The molecule has 2 saturated heterocycles. The number of hydrogen-bond donors (Lipinski definition) is 1. The first kappa shape index (κ1) is 10.9. The molecule has 0 aromatic carbocycles. The maximum absolute atomic E-state index is 12.2. The summed E-state index contributed by atoms with van der Waals surface area (Å²) >= 11 is 0. The van der Waals surface area contributed by atoms with Crippen molar-refractivity contribution >= 4 is 5.91 Å². The fourth-order valence-corrected chi connectivity index (χ4v) is 2.69. The van der Waals surface area contributed by atoms with Crippen LogP contribution in [0.4, 0.5) is 0 Å². The highest BCUT2D eigenvalue weighted by atomic mass is 16.2. The summed E-state index contributed by atoms with van der Waals surface area (Å²) in [4.78, 5) is 14.3. The Morgan fingerprint density at radius 3 is 2.67 bits per heavy atom. The van der Waals surface area contributed by atoms with Crippen LogP contribution < -0.4 is 5.32 Å². The van der Waals surface area contributed by atoms with Crippen LogP contribution >= 0.6 is 0 Å². The number of hydrogen-bond acceptors (Lipinski definition) is 2. The van der Waals surface area contributed by atoms with Gasteiger partial charge in [0.25, 0.3) is 0 Å². The van der Waals surface area contributed by atoms with Gasteiger partial charge in [0.15, 0.2) is 0 Å². The number of carbonyl (C=O) groups is 1. The zero-order valence-corrected chi connectivity index (χ0v) is 9.67. The van der Waals surface area contributed by atoms with Crippen molar-refractivity contribution in [3.63, 3.8) is 0 Å². The van der Waals surface area contributed by atoms with E-state index in [1.807, 2.05) is 0 Å². The molecule has 3 heteroatoms. The lowest BCUT2D eigenvalue weighted by molar-refractivity contribution is -0.137. The van der Waals surface area contributed by atoms with Gasteiger partial charge in [-0.25, -0.2) is 0 Å². The Morgan fingerprint density at radius 1 is 1.20 bits per heavy atom. The van der Waals surface area contributed by atoms with E-state index < -0.39 is 0 Å². The van der Waals surface area contributed by atoms with E-state index in [1.165, 1.54) is 32.1 Å². The number of carbonyl (C=O) groups excluding carboxylic acids is 1. The van der Waals surface area contributed by atoms with Gasteiger partial charge >= 0.3 is 0 Å². The summed E-state index contributed by atoms with van der Waals surface area (Å²) < 4.78 is 0. The third kappa shape index (κ3) is 2.51. The normalized spacial score (nSPS) is 32.7. The number of amides is 1. The number of rotatable bonds is 1. The predicted octanol–water partition coefficient (Wildman–Crippen LogP) is 1.53. The summed E-state index contributed by atoms with van der Waals surface area (Å²) in [6, 6.07) is 0.564. The zero-order chi connectivity index (χ0) is 10.7. The van der Waals surface area contributed by atoms with E-state index in [0.29, 0.717) is 11.9 Å². The Hall–Kier alpha value is -0.570. The molecule has 3 nitrogen and oxygen atoms in total. The Balaban J connectivity index is 1.92. The minimum Gasteiger partial charge on any atom is -0.339 e. The first-order valence-corrected chi connectivity index (χ1v) is 6.33. The van der Waals surface area contributed by atoms with Crippen molar-refractivity contribution in [2.45, 2.75) is 57.5 Å². The van der Waals surface area contributed by atoms with E-state index in [-0.39, 0.29) is 6.04 Å². The Bertz CT molecular complexity index is 224. The summed E-state index contributed by atoms with van der Waals surface area (Å²) in [6.45, 7) is 4.16. The molecule has 15 heavy (non-hydrogen) atoms. The first-order valence-electron chi connectivity index (χ1n) is 6.33. The van der Waals surface area contributed by atoms with Crippen molar-refractivity contribution in [3.8, 4) is 0 Å². The van der Waals surface area contributed by atoms with Gasteiger partial charge in [0.2, 0.25) is 5.91 Å². The van der Waals surface area contributed by atoms with Crippen LogP contribution in [0.3, 0.4) is 0 Å². The highest BCUT2D eigenvalue weighted by Gasteiger charge is 2.29. The summed E-state index contributed by atoms with van der Waals surface area (Å²) in [5, 5.41) is 3.35. The molecule has 0 spiro atoms. The molecule has 1 amide bonds. The smallest absolute Gasteiger partial charge is 0.239 e. The van der Waals surface area contributed by atoms with Crippen molar-refractivity contribution in [1.29, 1.82) is 0 Å². The molecule has 0 aromatic heterocycles. The van der Waals surface area contributed by atoms with E-state index in [9.17, 15) is 4.79 Å². The molecule has 2 rings (SSSR count). The van der Waals surface area contributed by atoms with Crippen molar-refractivity contribution in [3.05, 3.63) is 0 Å². The van der Waals surface area contributed by atoms with Crippen LogP contribution in [0.25, 0.3) is 0 Å². The van der Waals surface area contributed by atoms with Crippen molar-refractivity contribution in [2.75, 3.05) is 13.1 Å². The Morgan fingerprint density at radius 2 is 2.00 bits per heavy atom. The number of piperidine rings is 2. The van der Waals surface area contributed by atoms with Gasteiger partial charge < -0.3 is 10.2 Å². The molecule has 2 aliphatic heterocycles. The standard InChI is InChI=1S/C12H22N2O/c1-10-6-3-5-9-14(10)12(15)11-7-2-4-8-13-11/h10-11,13H,2-9H2,1H3. The summed E-state index contributed by atoms with van der Waals surface area (Å²) in [7, 11) is 0. The second-order valence-corrected chi connectivity index (χ2v) is 4.88. The van der Waals surface area contributed by atoms with Gasteiger partial charge in [0, 0.05) is 12.6 Å². The van der Waals surface area contributed by atoms with Gasteiger partial charge in [-0.2, -0.15) is 0 Å². The fourth-order valence-electron chi connectivity index (χ4n) is 2.69. The van der Waals surface area contributed by atoms with Crippen LogP contribution in [0.5, 0.6) is 0 Å². The molecule has 0 bridgehead atoms. The third-order valence-electron chi connectivity index (χ3n) is 3.69. The monoisotopic (exact) mass is 210 g/mol. The number of likely N-dealkylation sites (tertiary alicyclic amines) is 1. The maximum Gasteiger partial charge on any atom is 0.239 e. The van der Waals surface area contributed by atoms with Gasteiger partial charge in [-0.3, -0.25) is 4.79 Å². The Kier molecular flexibility index (Phi) is 3.62. The number of nitrogens with one attached hydrogen (secondary N) is 1. The molecule has 2 fully saturated rings. The molecule has 1 N–H and O–H groups in total. The van der Waals surface area contributed by atoms with Gasteiger partial charge in [0.1, 0.15) is 0 Å². The quantitative estimate of drug-likeness (QED) is 0.712. The molecule has 0 saturated carbocycles. The minimum absolute atomic E-state index is 0.110. The van der Waals surface area contributed by atoms with Crippen LogP contribution in [-0.2, 0) is 4.79 Å². The lowest BCUT2D eigenvalue weighted by Crippen LogP contribution is -2.52. The lowest BCUT2D eigenvalue weighted by Gasteiger charge is -2.37. The van der Waals surface area contributed by atoms with Crippen LogP contribution in [-0.4, -0.2) is 36.0 Å². The average Bonchev–Trinajstić information content (AvgIpc) is 2.30. The largest absolute Gasteiger partial charge is 0.339 e. The lowest BCUT2D eigenvalue weighted by atomic mass is 9.99. The second-order valence-electron chi connectivity index (χ2n) is 4.88. The minimum atomic E-state index is 0.110. The fraction of sp³-hybridized carbons (Fsp3) is 0.917. The molecule has 86 valence electrons. The van der Waals surface area contributed by atoms with E-state index in [2.05, 4.69) is 17.1 Å². The topological polar surface area (TPSA) is 32.3 Å². The molecule has 2 unspecified atom stereocenters. The zero-order valence-electron chi connectivity index (χ0n) is 9.67. The highest BCUT2D eigenvalue weighted by molar-refractivity contribution is 5.82. The van der Waals surface area contributed by atoms with Crippen molar-refractivity contribution in [2.24, 2.45) is 0 Å². The Labute approximate surface area is 92.2 Å². The van der Waals surface area contributed by atoms with Crippen LogP contribution in [0.1, 0.15) is 45.4 Å². The summed E-state index contributed by atoms with van der Waals surface area (Å²) in [5.41, 5.74) is 0. The van der Waals surface area contributed by atoms with E-state index in [4.69, 9.17) is 0 Å². The highest BCUT2D eigenvalue weighted by Crippen LogP contribution is 2.19. The first-order chi connectivity index (χ1) is 7.29. The molecule has 2 heterocycles.